The summed E-state index contributed by atoms with van der Waals surface area (Å²) in [5.41, 5.74) is 2.36. The van der Waals surface area contributed by atoms with E-state index in [1.54, 1.807) is 25.6 Å². The zero-order valence-corrected chi connectivity index (χ0v) is 18.2. The van der Waals surface area contributed by atoms with Crippen molar-refractivity contribution in [2.45, 2.75) is 39.7 Å². The van der Waals surface area contributed by atoms with Crippen LogP contribution >= 0.6 is 11.3 Å². The summed E-state index contributed by atoms with van der Waals surface area (Å²) in [5.74, 6) is 3.06. The third-order valence-electron chi connectivity index (χ3n) is 5.10. The first-order valence-electron chi connectivity index (χ1n) is 9.73. The maximum Gasteiger partial charge on any atom is 0.194 e. The number of nitrogens with one attached hydrogen (secondary N) is 1. The van der Waals surface area contributed by atoms with Gasteiger partial charge in [-0.15, -0.1) is 11.3 Å². The lowest BCUT2D eigenvalue weighted by atomic mass is 9.98. The number of aromatic nitrogens is 1. The van der Waals surface area contributed by atoms with Crippen LogP contribution < -0.4 is 14.8 Å². The van der Waals surface area contributed by atoms with Gasteiger partial charge in [0, 0.05) is 36.5 Å². The molecule has 0 aliphatic carbocycles. The van der Waals surface area contributed by atoms with Crippen LogP contribution in [0.1, 0.15) is 40.4 Å². The fourth-order valence-corrected chi connectivity index (χ4v) is 4.32. The van der Waals surface area contributed by atoms with Crippen molar-refractivity contribution < 1.29 is 9.47 Å². The van der Waals surface area contributed by atoms with Gasteiger partial charge in [0.15, 0.2) is 5.96 Å². The van der Waals surface area contributed by atoms with Gasteiger partial charge >= 0.3 is 0 Å². The van der Waals surface area contributed by atoms with Crippen LogP contribution in [0, 0.1) is 13.8 Å². The highest BCUT2D eigenvalue weighted by atomic mass is 32.1. The molecule has 2 heterocycles. The molecule has 152 valence electrons. The molecular formula is C21H30N4O2S. The van der Waals surface area contributed by atoms with E-state index in [0.717, 1.165) is 54.2 Å². The number of likely N-dealkylation sites (tertiary alicyclic amines) is 1. The van der Waals surface area contributed by atoms with E-state index in [4.69, 9.17) is 14.5 Å². The van der Waals surface area contributed by atoms with E-state index in [0.29, 0.717) is 12.5 Å². The molecule has 1 aliphatic heterocycles. The van der Waals surface area contributed by atoms with Crippen LogP contribution in [0.2, 0.25) is 0 Å². The van der Waals surface area contributed by atoms with E-state index >= 15 is 0 Å². The molecule has 0 bridgehead atoms. The number of hydrogen-bond acceptors (Lipinski definition) is 5. The molecule has 6 nitrogen and oxygen atoms in total. The van der Waals surface area contributed by atoms with E-state index in [-0.39, 0.29) is 0 Å². The average Bonchev–Trinajstić information content (AvgIpc) is 3.31. The Bertz CT molecular complexity index is 792. The number of thiazole rings is 1. The zero-order valence-electron chi connectivity index (χ0n) is 17.4. The quantitative estimate of drug-likeness (QED) is 0.589. The van der Waals surface area contributed by atoms with Gasteiger partial charge in [-0.25, -0.2) is 9.98 Å². The van der Waals surface area contributed by atoms with Crippen LogP contribution in [0.5, 0.6) is 11.5 Å². The van der Waals surface area contributed by atoms with Gasteiger partial charge in [-0.2, -0.15) is 0 Å². The van der Waals surface area contributed by atoms with Crippen LogP contribution in [-0.2, 0) is 6.54 Å². The van der Waals surface area contributed by atoms with Crippen molar-refractivity contribution in [1.29, 1.82) is 0 Å². The van der Waals surface area contributed by atoms with Crippen LogP contribution in [0.25, 0.3) is 0 Å². The van der Waals surface area contributed by atoms with Crippen molar-refractivity contribution in [3.05, 3.63) is 39.3 Å². The van der Waals surface area contributed by atoms with Crippen molar-refractivity contribution in [2.75, 3.05) is 33.9 Å². The second-order valence-electron chi connectivity index (χ2n) is 7.00. The number of aryl methyl sites for hydroxylation is 2. The van der Waals surface area contributed by atoms with E-state index in [2.05, 4.69) is 48.1 Å². The summed E-state index contributed by atoms with van der Waals surface area (Å²) in [6.07, 6.45) is 1.08. The summed E-state index contributed by atoms with van der Waals surface area (Å²) in [6.45, 7) is 9.65. The van der Waals surface area contributed by atoms with Crippen molar-refractivity contribution in [3.8, 4) is 11.5 Å². The molecule has 1 aromatic carbocycles. The number of methoxy groups -OCH3 is 2. The first-order chi connectivity index (χ1) is 13.5. The second-order valence-corrected chi connectivity index (χ2v) is 8.28. The molecule has 1 saturated heterocycles. The number of hydrogen-bond donors (Lipinski definition) is 1. The minimum Gasteiger partial charge on any atom is -0.497 e. The summed E-state index contributed by atoms with van der Waals surface area (Å²) in [4.78, 5) is 13.1. The highest BCUT2D eigenvalue weighted by molar-refractivity contribution is 7.11. The molecule has 0 spiro atoms. The molecule has 1 N–H and O–H groups in total. The van der Waals surface area contributed by atoms with Gasteiger partial charge in [0.05, 0.1) is 26.5 Å². The predicted molar refractivity (Wildman–Crippen MR) is 115 cm³/mol. The largest absolute Gasteiger partial charge is 0.497 e. The van der Waals surface area contributed by atoms with Gasteiger partial charge in [-0.05, 0) is 44.9 Å². The van der Waals surface area contributed by atoms with Gasteiger partial charge < -0.3 is 19.7 Å². The van der Waals surface area contributed by atoms with Gasteiger partial charge in [0.25, 0.3) is 0 Å². The molecule has 0 amide bonds. The Morgan fingerprint density at radius 2 is 1.96 bits per heavy atom. The average molecular weight is 403 g/mol. The lowest BCUT2D eigenvalue weighted by molar-refractivity contribution is 0.392. The molecular weight excluding hydrogens is 372 g/mol. The molecule has 0 radical (unpaired) electrons. The molecule has 0 saturated carbocycles. The molecule has 1 aromatic heterocycles. The predicted octanol–water partition coefficient (Wildman–Crippen LogP) is 3.73. The van der Waals surface area contributed by atoms with Gasteiger partial charge in [-0.3, -0.25) is 0 Å². The normalized spacial score (nSPS) is 17.1. The first-order valence-corrected chi connectivity index (χ1v) is 10.5. The molecule has 28 heavy (non-hydrogen) atoms. The van der Waals surface area contributed by atoms with Crippen molar-refractivity contribution >= 4 is 17.3 Å². The van der Waals surface area contributed by atoms with Gasteiger partial charge in [-0.1, -0.05) is 0 Å². The fourth-order valence-electron chi connectivity index (χ4n) is 3.47. The number of nitrogens with zero attached hydrogens (tertiary/aromatic N) is 3. The molecule has 7 heteroatoms. The van der Waals surface area contributed by atoms with E-state index in [9.17, 15) is 0 Å². The van der Waals surface area contributed by atoms with Crippen molar-refractivity contribution in [3.63, 3.8) is 0 Å². The Kier molecular flexibility index (Phi) is 6.78. The topological polar surface area (TPSA) is 59.0 Å². The van der Waals surface area contributed by atoms with E-state index in [1.165, 1.54) is 10.4 Å². The highest BCUT2D eigenvalue weighted by Crippen LogP contribution is 2.33. The lowest BCUT2D eigenvalue weighted by Gasteiger charge is -2.22. The number of benzene rings is 1. The molecule has 1 unspecified atom stereocenters. The Morgan fingerprint density at radius 3 is 2.54 bits per heavy atom. The first kappa shape index (κ1) is 20.5. The lowest BCUT2D eigenvalue weighted by Crippen LogP contribution is -2.40. The second kappa shape index (κ2) is 9.28. The minimum atomic E-state index is 0.428. The van der Waals surface area contributed by atoms with Gasteiger partial charge in [0.1, 0.15) is 16.5 Å². The Hall–Kier alpha value is -2.28. The molecule has 1 fully saturated rings. The van der Waals surface area contributed by atoms with Crippen LogP contribution in [0.3, 0.4) is 0 Å². The Labute approximate surface area is 171 Å². The maximum atomic E-state index is 5.43. The van der Waals surface area contributed by atoms with Crippen molar-refractivity contribution in [2.24, 2.45) is 4.99 Å². The van der Waals surface area contributed by atoms with Crippen LogP contribution in [-0.4, -0.2) is 49.7 Å². The number of aliphatic imine (C=N–C) groups is 1. The number of ether oxygens (including phenoxy) is 2. The summed E-state index contributed by atoms with van der Waals surface area (Å²) in [5, 5.41) is 4.50. The summed E-state index contributed by atoms with van der Waals surface area (Å²) >= 11 is 1.73. The Morgan fingerprint density at radius 1 is 1.25 bits per heavy atom. The summed E-state index contributed by atoms with van der Waals surface area (Å²) in [7, 11) is 3.38. The molecule has 1 atom stereocenters. The van der Waals surface area contributed by atoms with E-state index in [1.807, 2.05) is 6.07 Å². The zero-order chi connectivity index (χ0) is 20.1. The van der Waals surface area contributed by atoms with E-state index < -0.39 is 0 Å². The van der Waals surface area contributed by atoms with Crippen LogP contribution in [0.4, 0.5) is 0 Å². The fraction of sp³-hybridized carbons (Fsp3) is 0.524. The number of rotatable bonds is 6. The van der Waals surface area contributed by atoms with Gasteiger partial charge in [0.2, 0.25) is 0 Å². The SMILES string of the molecule is CCNC(=NCc1nc(C)c(C)s1)N1CCC(c2cc(OC)cc(OC)c2)C1. The third kappa shape index (κ3) is 4.76. The minimum absolute atomic E-state index is 0.428. The third-order valence-corrected chi connectivity index (χ3v) is 6.16. The molecule has 1 aliphatic rings. The van der Waals surface area contributed by atoms with Crippen LogP contribution in [0.15, 0.2) is 23.2 Å². The summed E-state index contributed by atoms with van der Waals surface area (Å²) in [6, 6.07) is 6.14. The number of guanidine groups is 1. The smallest absolute Gasteiger partial charge is 0.194 e. The standard InChI is InChI=1S/C21H30N4O2S/c1-6-22-21(23-12-20-24-14(2)15(3)28-20)25-8-7-16(13-25)17-9-18(26-4)11-19(10-17)27-5/h9-11,16H,6-8,12-13H2,1-5H3,(H,22,23). The molecule has 3 rings (SSSR count). The highest BCUT2D eigenvalue weighted by Gasteiger charge is 2.27. The maximum absolute atomic E-state index is 5.43. The summed E-state index contributed by atoms with van der Waals surface area (Å²) < 4.78 is 10.9. The monoisotopic (exact) mass is 402 g/mol. The van der Waals surface area contributed by atoms with Crippen molar-refractivity contribution in [1.82, 2.24) is 15.2 Å². The molecule has 2 aromatic rings. The Balaban J connectivity index is 1.73.